The largest absolute Gasteiger partial charge is 0.472 e. The summed E-state index contributed by atoms with van der Waals surface area (Å²) < 4.78 is 8.07. The van der Waals surface area contributed by atoms with E-state index in [1.807, 2.05) is 58.1 Å². The molecule has 2 aromatic heterocycles. The van der Waals surface area contributed by atoms with E-state index in [4.69, 9.17) is 16.3 Å². The van der Waals surface area contributed by atoms with Gasteiger partial charge in [0.25, 0.3) is 5.91 Å². The SMILES string of the molecule is O=C(NCCCC1C(=O)Cn2cccc21)c1cnc(N2CCc3ccccc32)nc1OCc1ccc(Cl)cc1. The number of halogens is 1. The van der Waals surface area contributed by atoms with Gasteiger partial charge in [-0.2, -0.15) is 4.98 Å². The lowest BCUT2D eigenvalue weighted by atomic mass is 9.97. The van der Waals surface area contributed by atoms with E-state index in [0.29, 0.717) is 36.9 Å². The molecule has 0 saturated carbocycles. The van der Waals surface area contributed by atoms with E-state index in [1.54, 1.807) is 12.1 Å². The Hall–Kier alpha value is -4.17. The van der Waals surface area contributed by atoms with Gasteiger partial charge >= 0.3 is 0 Å². The summed E-state index contributed by atoms with van der Waals surface area (Å²) in [5, 5.41) is 3.60. The minimum absolute atomic E-state index is 0.110. The van der Waals surface area contributed by atoms with Crippen LogP contribution in [0.15, 0.2) is 73.1 Å². The number of carbonyl (C=O) groups excluding carboxylic acids is 2. The summed E-state index contributed by atoms with van der Waals surface area (Å²) in [6.07, 6.45) is 5.73. The Morgan fingerprint density at radius 3 is 2.82 bits per heavy atom. The molecule has 0 radical (unpaired) electrons. The standard InChI is InChI=1S/C30H28ClN5O3/c31-22-11-9-20(10-12-22)19-39-29-24(17-33-30(34-29)36-16-13-21-5-1-2-7-25(21)36)28(38)32-14-3-6-23-26-8-4-15-35(26)18-27(23)37/h1-2,4-5,7-12,15,17,23H,3,6,13-14,16,18-19H2,(H,32,38). The molecule has 1 unspecified atom stereocenters. The molecule has 0 bridgehead atoms. The molecule has 9 heteroatoms. The number of hydrogen-bond acceptors (Lipinski definition) is 6. The monoisotopic (exact) mass is 541 g/mol. The predicted molar refractivity (Wildman–Crippen MR) is 149 cm³/mol. The summed E-state index contributed by atoms with van der Waals surface area (Å²) in [4.78, 5) is 36.8. The average Bonchev–Trinajstić information content (AvgIpc) is 3.66. The fourth-order valence-electron chi connectivity index (χ4n) is 5.27. The van der Waals surface area contributed by atoms with Crippen molar-refractivity contribution in [1.29, 1.82) is 0 Å². The highest BCUT2D eigenvalue weighted by atomic mass is 35.5. The van der Waals surface area contributed by atoms with Crippen molar-refractivity contribution >= 4 is 34.9 Å². The van der Waals surface area contributed by atoms with E-state index >= 15 is 0 Å². The van der Waals surface area contributed by atoms with Crippen molar-refractivity contribution in [2.45, 2.75) is 38.3 Å². The number of aromatic nitrogens is 3. The zero-order valence-corrected chi connectivity index (χ0v) is 22.1. The third-order valence-corrected chi connectivity index (χ3v) is 7.55. The number of amides is 1. The van der Waals surface area contributed by atoms with Crippen molar-refractivity contribution in [3.63, 3.8) is 0 Å². The fourth-order valence-corrected chi connectivity index (χ4v) is 5.40. The van der Waals surface area contributed by atoms with Gasteiger partial charge in [0.2, 0.25) is 11.8 Å². The quantitative estimate of drug-likeness (QED) is 0.297. The smallest absolute Gasteiger partial charge is 0.258 e. The highest BCUT2D eigenvalue weighted by molar-refractivity contribution is 6.30. The maximum atomic E-state index is 13.2. The van der Waals surface area contributed by atoms with E-state index in [2.05, 4.69) is 21.4 Å². The first-order chi connectivity index (χ1) is 19.1. The Balaban J connectivity index is 1.16. The van der Waals surface area contributed by atoms with Crippen molar-refractivity contribution in [3.05, 3.63) is 100 Å². The Morgan fingerprint density at radius 1 is 1.10 bits per heavy atom. The topological polar surface area (TPSA) is 89.4 Å². The molecule has 1 atom stereocenters. The lowest BCUT2D eigenvalue weighted by Crippen LogP contribution is -2.27. The number of ketones is 1. The molecule has 2 aliphatic heterocycles. The Labute approximate surface area is 231 Å². The van der Waals surface area contributed by atoms with Gasteiger partial charge in [-0.05, 0) is 60.7 Å². The van der Waals surface area contributed by atoms with Crippen LogP contribution in [0.25, 0.3) is 0 Å². The van der Waals surface area contributed by atoms with Gasteiger partial charge in [0.05, 0.1) is 12.5 Å². The first-order valence-corrected chi connectivity index (χ1v) is 13.5. The number of nitrogens with one attached hydrogen (secondary N) is 1. The first-order valence-electron chi connectivity index (χ1n) is 13.1. The summed E-state index contributed by atoms with van der Waals surface area (Å²) in [5.74, 6) is 0.519. The highest BCUT2D eigenvalue weighted by Crippen LogP contribution is 2.34. The Morgan fingerprint density at radius 2 is 1.95 bits per heavy atom. The van der Waals surface area contributed by atoms with Gasteiger partial charge in [0, 0.05) is 41.9 Å². The molecule has 0 saturated heterocycles. The van der Waals surface area contributed by atoms with E-state index < -0.39 is 0 Å². The van der Waals surface area contributed by atoms with Crippen LogP contribution in [0, 0.1) is 0 Å². The summed E-state index contributed by atoms with van der Waals surface area (Å²) >= 11 is 6.02. The molecule has 2 aromatic carbocycles. The number of nitrogens with zero attached hydrogens (tertiary/aromatic N) is 4. The molecule has 0 fully saturated rings. The van der Waals surface area contributed by atoms with Gasteiger partial charge in [-0.3, -0.25) is 9.59 Å². The molecule has 1 N–H and O–H groups in total. The second-order valence-corrected chi connectivity index (χ2v) is 10.2. The number of benzene rings is 2. The van der Waals surface area contributed by atoms with Gasteiger partial charge in [-0.25, -0.2) is 4.98 Å². The molecule has 6 rings (SSSR count). The highest BCUT2D eigenvalue weighted by Gasteiger charge is 2.30. The first kappa shape index (κ1) is 25.1. The van der Waals surface area contributed by atoms with Crippen molar-refractivity contribution in [2.24, 2.45) is 0 Å². The maximum Gasteiger partial charge on any atom is 0.258 e. The molecule has 4 aromatic rings. The number of anilines is 2. The molecule has 4 heterocycles. The number of para-hydroxylation sites is 1. The lowest BCUT2D eigenvalue weighted by molar-refractivity contribution is -0.119. The molecule has 39 heavy (non-hydrogen) atoms. The van der Waals surface area contributed by atoms with E-state index in [-0.39, 0.29) is 35.7 Å². The minimum atomic E-state index is -0.310. The van der Waals surface area contributed by atoms with Crippen LogP contribution in [0.5, 0.6) is 5.88 Å². The van der Waals surface area contributed by atoms with Crippen LogP contribution < -0.4 is 15.0 Å². The van der Waals surface area contributed by atoms with Crippen molar-refractivity contribution < 1.29 is 14.3 Å². The second-order valence-electron chi connectivity index (χ2n) is 9.81. The zero-order valence-electron chi connectivity index (χ0n) is 21.3. The van der Waals surface area contributed by atoms with Crippen molar-refractivity contribution in [2.75, 3.05) is 18.0 Å². The molecular formula is C30H28ClN5O3. The number of Topliss-reactive ketones (excluding diaryl/α,β-unsaturated/α-hetero) is 1. The maximum absolute atomic E-state index is 13.2. The molecule has 0 spiro atoms. The van der Waals surface area contributed by atoms with Gasteiger partial charge < -0.3 is 19.5 Å². The van der Waals surface area contributed by atoms with Gasteiger partial charge in [-0.15, -0.1) is 0 Å². The lowest BCUT2D eigenvalue weighted by Gasteiger charge is -2.19. The molecule has 0 aliphatic carbocycles. The van der Waals surface area contributed by atoms with Gasteiger partial charge in [-0.1, -0.05) is 41.9 Å². The van der Waals surface area contributed by atoms with E-state index in [1.165, 1.54) is 11.8 Å². The number of ether oxygens (including phenoxy) is 1. The van der Waals surface area contributed by atoms with Crippen LogP contribution in [0.1, 0.15) is 45.9 Å². The molecule has 198 valence electrons. The zero-order chi connectivity index (χ0) is 26.8. The van der Waals surface area contributed by atoms with Gasteiger partial charge in [0.1, 0.15) is 12.2 Å². The number of rotatable bonds is 9. The fraction of sp³-hybridized carbons (Fsp3) is 0.267. The number of fused-ring (bicyclic) bond motifs is 2. The molecule has 1 amide bonds. The minimum Gasteiger partial charge on any atom is -0.472 e. The Kier molecular flexibility index (Phi) is 7.02. The normalized spacial score (nSPS) is 15.8. The average molecular weight is 542 g/mol. The molecular weight excluding hydrogens is 514 g/mol. The number of hydrogen-bond donors (Lipinski definition) is 1. The summed E-state index contributed by atoms with van der Waals surface area (Å²) in [6.45, 7) is 1.85. The van der Waals surface area contributed by atoms with Crippen LogP contribution in [0.3, 0.4) is 0 Å². The van der Waals surface area contributed by atoms with E-state index in [9.17, 15) is 9.59 Å². The van der Waals surface area contributed by atoms with Crippen LogP contribution in [0.2, 0.25) is 5.02 Å². The summed E-state index contributed by atoms with van der Waals surface area (Å²) in [5.41, 5.74) is 4.52. The van der Waals surface area contributed by atoms with Crippen LogP contribution in [-0.2, 0) is 24.4 Å². The Bertz CT molecular complexity index is 1520. The van der Waals surface area contributed by atoms with Crippen LogP contribution in [0.4, 0.5) is 11.6 Å². The van der Waals surface area contributed by atoms with Crippen molar-refractivity contribution in [3.8, 4) is 5.88 Å². The molecule has 2 aliphatic rings. The predicted octanol–water partition coefficient (Wildman–Crippen LogP) is 5.08. The molecule has 8 nitrogen and oxygen atoms in total. The summed E-state index contributed by atoms with van der Waals surface area (Å²) in [6, 6.07) is 19.5. The third kappa shape index (κ3) is 5.25. The van der Waals surface area contributed by atoms with E-state index in [0.717, 1.165) is 29.9 Å². The summed E-state index contributed by atoms with van der Waals surface area (Å²) in [7, 11) is 0. The number of carbonyl (C=O) groups is 2. The van der Waals surface area contributed by atoms with Gasteiger partial charge in [0.15, 0.2) is 5.78 Å². The van der Waals surface area contributed by atoms with Crippen LogP contribution in [-0.4, -0.2) is 39.3 Å². The van der Waals surface area contributed by atoms with Crippen molar-refractivity contribution in [1.82, 2.24) is 19.9 Å². The second kappa shape index (κ2) is 10.9. The third-order valence-electron chi connectivity index (χ3n) is 7.29. The van der Waals surface area contributed by atoms with Crippen LogP contribution >= 0.6 is 11.6 Å².